The molecule has 0 radical (unpaired) electrons. The lowest BCUT2D eigenvalue weighted by molar-refractivity contribution is 0.0452. The normalized spacial score (nSPS) is 16.9. The van der Waals surface area contributed by atoms with Crippen molar-refractivity contribution in [3.63, 3.8) is 0 Å². The Balaban J connectivity index is 1.48. The minimum absolute atomic E-state index is 0.184. The van der Waals surface area contributed by atoms with Crippen LogP contribution in [0.2, 0.25) is 0 Å². The van der Waals surface area contributed by atoms with Crippen molar-refractivity contribution < 1.29 is 9.67 Å². The van der Waals surface area contributed by atoms with Crippen molar-refractivity contribution in [2.75, 3.05) is 12.7 Å². The molecule has 1 aliphatic rings. The van der Waals surface area contributed by atoms with Gasteiger partial charge in [0.2, 0.25) is 0 Å². The molecule has 1 saturated heterocycles. The molecular weight excluding hydrogens is 521 g/mol. The van der Waals surface area contributed by atoms with E-state index >= 15 is 0 Å². The second-order valence-corrected chi connectivity index (χ2v) is 13.7. The van der Waals surface area contributed by atoms with E-state index < -0.39 is 18.8 Å². The molecule has 4 heteroatoms. The number of aliphatic hydroxyl groups is 1. The van der Waals surface area contributed by atoms with E-state index in [0.717, 1.165) is 46.7 Å². The van der Waals surface area contributed by atoms with Crippen LogP contribution < -0.4 is 10.6 Å². The summed E-state index contributed by atoms with van der Waals surface area (Å²) in [5.41, 5.74) is 2.86. The number of nitrogens with zero attached hydrogens (tertiary/aromatic N) is 1. The van der Waals surface area contributed by atoms with Gasteiger partial charge in [-0.15, -0.1) is 0 Å². The van der Waals surface area contributed by atoms with Gasteiger partial charge in [0.25, 0.3) is 0 Å². The first-order valence-electron chi connectivity index (χ1n) is 14.5. The molecule has 3 nitrogen and oxygen atoms in total. The Hall–Kier alpha value is -3.75. The lowest BCUT2D eigenvalue weighted by Crippen LogP contribution is -2.54. The predicted molar refractivity (Wildman–Crippen MR) is 170 cm³/mol. The molecule has 1 fully saturated rings. The first-order valence-corrected chi connectivity index (χ1v) is 16.3. The summed E-state index contributed by atoms with van der Waals surface area (Å²) in [4.78, 5) is 2.48. The Morgan fingerprint density at radius 1 is 0.634 bits per heavy atom. The molecule has 0 saturated carbocycles. The van der Waals surface area contributed by atoms with Gasteiger partial charge in [-0.2, -0.15) is 0 Å². The Kier molecular flexibility index (Phi) is 8.03. The van der Waals surface area contributed by atoms with Crippen LogP contribution in [0.1, 0.15) is 29.5 Å². The number of hydrogen-bond donors (Lipinski definition) is 1. The van der Waals surface area contributed by atoms with Gasteiger partial charge in [0.1, 0.15) is 7.14 Å². The van der Waals surface area contributed by atoms with Gasteiger partial charge in [-0.3, -0.25) is 4.90 Å². The maximum absolute atomic E-state index is 15.0. The van der Waals surface area contributed by atoms with Crippen LogP contribution in [0.25, 0.3) is 0 Å². The number of likely N-dealkylation sites (tertiary alicyclic amines) is 1. The average Bonchev–Trinajstić information content (AvgIpc) is 3.54. The summed E-state index contributed by atoms with van der Waals surface area (Å²) in [5, 5.41) is 13.7. The van der Waals surface area contributed by atoms with E-state index in [2.05, 4.69) is 95.9 Å². The highest BCUT2D eigenvalue weighted by atomic mass is 31.2. The maximum atomic E-state index is 15.0. The summed E-state index contributed by atoms with van der Waals surface area (Å²) in [6.45, 7) is 0.821. The highest BCUT2D eigenvalue weighted by molar-refractivity contribution is 7.78. The van der Waals surface area contributed by atoms with Gasteiger partial charge in [-0.1, -0.05) is 152 Å². The van der Waals surface area contributed by atoms with Crippen LogP contribution in [-0.2, 0) is 10.1 Å². The molecular formula is C37H36NO2P. The Morgan fingerprint density at radius 3 is 1.39 bits per heavy atom. The van der Waals surface area contributed by atoms with Crippen molar-refractivity contribution >= 4 is 17.8 Å². The zero-order valence-electron chi connectivity index (χ0n) is 23.2. The molecule has 1 heterocycles. The summed E-state index contributed by atoms with van der Waals surface area (Å²) in [5.74, 6) is 0. The zero-order valence-corrected chi connectivity index (χ0v) is 24.1. The van der Waals surface area contributed by atoms with E-state index in [1.54, 1.807) is 0 Å². The highest BCUT2D eigenvalue weighted by Crippen LogP contribution is 2.49. The third kappa shape index (κ3) is 5.11. The van der Waals surface area contributed by atoms with Crippen LogP contribution in [0.4, 0.5) is 0 Å². The third-order valence-corrected chi connectivity index (χ3v) is 11.7. The average molecular weight is 558 g/mol. The molecule has 206 valence electrons. The van der Waals surface area contributed by atoms with Gasteiger partial charge in [0.05, 0.1) is 11.6 Å². The molecule has 0 spiro atoms. The first-order chi connectivity index (χ1) is 20.1. The van der Waals surface area contributed by atoms with Crippen LogP contribution in [0.5, 0.6) is 0 Å². The molecule has 0 amide bonds. The summed E-state index contributed by atoms with van der Waals surface area (Å²) >= 11 is 0. The number of rotatable bonds is 9. The Bertz CT molecular complexity index is 1440. The minimum atomic E-state index is -3.10. The minimum Gasteiger partial charge on any atom is -0.391 e. The largest absolute Gasteiger partial charge is 0.391 e. The quantitative estimate of drug-likeness (QED) is 0.160. The SMILES string of the molecule is O=P(CC(O)[C@@H]1CCCN1C(c1ccccc1)(c1ccccc1)c1ccccc1)(c1ccccc1)c1ccccc1. The molecule has 41 heavy (non-hydrogen) atoms. The van der Waals surface area contributed by atoms with Crippen LogP contribution in [0.15, 0.2) is 152 Å². The molecule has 6 rings (SSSR count). The fraction of sp³-hybridized carbons (Fsp3) is 0.189. The number of aliphatic hydroxyl groups excluding tert-OH is 1. The topological polar surface area (TPSA) is 40.5 Å². The Morgan fingerprint density at radius 2 is 1.00 bits per heavy atom. The zero-order chi connectivity index (χ0) is 28.1. The Labute approximate surface area is 243 Å². The number of benzene rings is 5. The van der Waals surface area contributed by atoms with Gasteiger partial charge in [-0.05, 0) is 29.5 Å². The lowest BCUT2D eigenvalue weighted by atomic mass is 9.75. The van der Waals surface area contributed by atoms with Crippen molar-refractivity contribution in [2.45, 2.75) is 30.5 Å². The van der Waals surface area contributed by atoms with Crippen molar-refractivity contribution in [1.82, 2.24) is 4.90 Å². The molecule has 0 aromatic heterocycles. The van der Waals surface area contributed by atoms with Crippen molar-refractivity contribution in [2.24, 2.45) is 0 Å². The standard InChI is InChI=1S/C37H36NO2P/c39-36(29-41(40,33-23-12-4-13-24-33)34-25-14-5-15-26-34)35-27-16-28-38(35)37(30-17-6-1-7-18-30,31-19-8-2-9-20-31)32-21-10-3-11-22-32/h1-15,17-26,35-36,39H,16,27-29H2/t35-,36?/m0/s1. The van der Waals surface area contributed by atoms with Gasteiger partial charge in [0.15, 0.2) is 0 Å². The summed E-state index contributed by atoms with van der Waals surface area (Å²) in [6.07, 6.45) is 1.19. The van der Waals surface area contributed by atoms with E-state index in [-0.39, 0.29) is 12.2 Å². The van der Waals surface area contributed by atoms with E-state index in [4.69, 9.17) is 0 Å². The van der Waals surface area contributed by atoms with Gasteiger partial charge in [0, 0.05) is 29.4 Å². The summed E-state index contributed by atoms with van der Waals surface area (Å²) in [7, 11) is -3.10. The van der Waals surface area contributed by atoms with Gasteiger partial charge < -0.3 is 9.67 Å². The monoisotopic (exact) mass is 557 g/mol. The summed E-state index contributed by atoms with van der Waals surface area (Å²) < 4.78 is 15.0. The lowest BCUT2D eigenvalue weighted by Gasteiger charge is -2.48. The van der Waals surface area contributed by atoms with E-state index in [0.29, 0.717) is 0 Å². The fourth-order valence-electron chi connectivity index (χ4n) is 6.73. The van der Waals surface area contributed by atoms with Crippen molar-refractivity contribution in [1.29, 1.82) is 0 Å². The van der Waals surface area contributed by atoms with Crippen LogP contribution >= 0.6 is 7.14 Å². The predicted octanol–water partition coefficient (Wildman–Crippen LogP) is 6.82. The highest BCUT2D eigenvalue weighted by Gasteiger charge is 2.49. The molecule has 0 bridgehead atoms. The second kappa shape index (κ2) is 12.0. The molecule has 1 unspecified atom stereocenters. The van der Waals surface area contributed by atoms with E-state index in [1.165, 1.54) is 0 Å². The first kappa shape index (κ1) is 27.4. The van der Waals surface area contributed by atoms with Crippen LogP contribution in [0, 0.1) is 0 Å². The molecule has 1 aliphatic heterocycles. The fourth-order valence-corrected chi connectivity index (χ4v) is 9.52. The van der Waals surface area contributed by atoms with Crippen LogP contribution in [-0.4, -0.2) is 34.9 Å². The van der Waals surface area contributed by atoms with Gasteiger partial charge >= 0.3 is 0 Å². The van der Waals surface area contributed by atoms with Gasteiger partial charge in [-0.25, -0.2) is 0 Å². The molecule has 0 aliphatic carbocycles. The molecule has 2 atom stereocenters. The van der Waals surface area contributed by atoms with E-state index in [9.17, 15) is 9.67 Å². The van der Waals surface area contributed by atoms with Crippen molar-refractivity contribution in [3.05, 3.63) is 168 Å². The molecule has 5 aromatic rings. The summed E-state index contributed by atoms with van der Waals surface area (Å²) in [6, 6.07) is 51.1. The van der Waals surface area contributed by atoms with Crippen LogP contribution in [0.3, 0.4) is 0 Å². The maximum Gasteiger partial charge on any atom is 0.145 e. The number of hydrogen-bond acceptors (Lipinski definition) is 3. The van der Waals surface area contributed by atoms with E-state index in [1.807, 2.05) is 60.7 Å². The smallest absolute Gasteiger partial charge is 0.145 e. The van der Waals surface area contributed by atoms with Crippen molar-refractivity contribution in [3.8, 4) is 0 Å². The second-order valence-electron chi connectivity index (χ2n) is 10.9. The molecule has 5 aromatic carbocycles. The molecule has 1 N–H and O–H groups in total. The third-order valence-electron chi connectivity index (χ3n) is 8.54.